The standard InChI is InChI=1S/C10H17N3OS2/c11-10-12-5-9(16-10)6-13-2-4-15-7-8(13)1-3-14/h5,8,14H,1-4,6-7H2,(H2,11,12). The fourth-order valence-corrected chi connectivity index (χ4v) is 3.80. The van der Waals surface area contributed by atoms with Gasteiger partial charge in [-0.1, -0.05) is 0 Å². The first-order valence-corrected chi connectivity index (χ1v) is 7.39. The van der Waals surface area contributed by atoms with Crippen LogP contribution in [0.2, 0.25) is 0 Å². The number of nitrogens with two attached hydrogens (primary N) is 1. The summed E-state index contributed by atoms with van der Waals surface area (Å²) in [6, 6.07) is 0.493. The lowest BCUT2D eigenvalue weighted by atomic mass is 10.2. The summed E-state index contributed by atoms with van der Waals surface area (Å²) in [6.45, 7) is 2.28. The number of nitrogen functional groups attached to an aromatic ring is 1. The van der Waals surface area contributed by atoms with Gasteiger partial charge >= 0.3 is 0 Å². The molecule has 90 valence electrons. The number of thioether (sulfide) groups is 1. The molecule has 0 aliphatic carbocycles. The van der Waals surface area contributed by atoms with Crippen LogP contribution in [0.25, 0.3) is 0 Å². The monoisotopic (exact) mass is 259 g/mol. The summed E-state index contributed by atoms with van der Waals surface area (Å²) in [6.07, 6.45) is 2.72. The van der Waals surface area contributed by atoms with Crippen LogP contribution in [0.4, 0.5) is 5.13 Å². The van der Waals surface area contributed by atoms with Gasteiger partial charge in [-0.25, -0.2) is 4.98 Å². The molecule has 1 fully saturated rings. The summed E-state index contributed by atoms with van der Waals surface area (Å²) in [4.78, 5) is 7.71. The Morgan fingerprint density at radius 2 is 2.50 bits per heavy atom. The molecule has 4 nitrogen and oxygen atoms in total. The number of hydrogen-bond acceptors (Lipinski definition) is 6. The summed E-state index contributed by atoms with van der Waals surface area (Å²) in [5, 5.41) is 9.68. The lowest BCUT2D eigenvalue weighted by Crippen LogP contribution is -2.42. The van der Waals surface area contributed by atoms with Crippen LogP contribution < -0.4 is 5.73 Å². The molecule has 16 heavy (non-hydrogen) atoms. The predicted octanol–water partition coefficient (Wildman–Crippen LogP) is 1.03. The van der Waals surface area contributed by atoms with Crippen molar-refractivity contribution in [1.82, 2.24) is 9.88 Å². The van der Waals surface area contributed by atoms with Gasteiger partial charge in [-0.15, -0.1) is 11.3 Å². The van der Waals surface area contributed by atoms with Gasteiger partial charge < -0.3 is 10.8 Å². The fourth-order valence-electron chi connectivity index (χ4n) is 1.91. The van der Waals surface area contributed by atoms with Gasteiger partial charge in [0.05, 0.1) is 0 Å². The minimum absolute atomic E-state index is 0.270. The van der Waals surface area contributed by atoms with E-state index in [0.29, 0.717) is 11.2 Å². The minimum atomic E-state index is 0.270. The SMILES string of the molecule is Nc1ncc(CN2CCSCC2CCO)s1. The predicted molar refractivity (Wildman–Crippen MR) is 69.8 cm³/mol. The molecular weight excluding hydrogens is 242 g/mol. The Balaban J connectivity index is 1.95. The normalized spacial score (nSPS) is 22.4. The van der Waals surface area contributed by atoms with Gasteiger partial charge in [0, 0.05) is 48.3 Å². The first kappa shape index (κ1) is 12.2. The van der Waals surface area contributed by atoms with Crippen LogP contribution in [0.3, 0.4) is 0 Å². The lowest BCUT2D eigenvalue weighted by Gasteiger charge is -2.34. The Hall–Kier alpha value is -0.300. The maximum atomic E-state index is 9.04. The number of hydrogen-bond donors (Lipinski definition) is 2. The average Bonchev–Trinajstić information content (AvgIpc) is 2.67. The van der Waals surface area contributed by atoms with Gasteiger partial charge in [-0.3, -0.25) is 4.90 Å². The van der Waals surface area contributed by atoms with E-state index in [1.807, 2.05) is 18.0 Å². The molecule has 2 rings (SSSR count). The second-order valence-corrected chi connectivity index (χ2v) is 6.17. The first-order valence-electron chi connectivity index (χ1n) is 5.42. The third-order valence-electron chi connectivity index (χ3n) is 2.74. The van der Waals surface area contributed by atoms with E-state index in [0.717, 1.165) is 25.3 Å². The fraction of sp³-hybridized carbons (Fsp3) is 0.700. The molecule has 1 atom stereocenters. The quantitative estimate of drug-likeness (QED) is 0.845. The molecule has 1 aliphatic rings. The highest BCUT2D eigenvalue weighted by Gasteiger charge is 2.22. The molecule has 3 N–H and O–H groups in total. The zero-order valence-corrected chi connectivity index (χ0v) is 10.8. The van der Waals surface area contributed by atoms with E-state index in [1.54, 1.807) is 11.3 Å². The molecule has 1 unspecified atom stereocenters. The largest absolute Gasteiger partial charge is 0.396 e. The molecule has 0 aromatic carbocycles. The van der Waals surface area contributed by atoms with Gasteiger partial charge in [0.1, 0.15) is 0 Å². The van der Waals surface area contributed by atoms with E-state index in [-0.39, 0.29) is 6.61 Å². The number of nitrogens with zero attached hydrogens (tertiary/aromatic N) is 2. The molecule has 0 saturated carbocycles. The molecule has 1 aromatic heterocycles. The lowest BCUT2D eigenvalue weighted by molar-refractivity contribution is 0.168. The van der Waals surface area contributed by atoms with E-state index in [2.05, 4.69) is 9.88 Å². The van der Waals surface area contributed by atoms with Gasteiger partial charge in [0.25, 0.3) is 0 Å². The zero-order valence-electron chi connectivity index (χ0n) is 9.13. The number of aromatic nitrogens is 1. The zero-order chi connectivity index (χ0) is 11.4. The number of thiazole rings is 1. The van der Waals surface area contributed by atoms with Crippen LogP contribution in [-0.4, -0.2) is 45.7 Å². The highest BCUT2D eigenvalue weighted by molar-refractivity contribution is 7.99. The van der Waals surface area contributed by atoms with Crippen LogP contribution >= 0.6 is 23.1 Å². The maximum absolute atomic E-state index is 9.04. The molecule has 1 aromatic rings. The highest BCUT2D eigenvalue weighted by Crippen LogP contribution is 2.23. The van der Waals surface area contributed by atoms with Crippen molar-refractivity contribution in [2.24, 2.45) is 0 Å². The van der Waals surface area contributed by atoms with Crippen molar-refractivity contribution in [3.8, 4) is 0 Å². The summed E-state index contributed by atoms with van der Waals surface area (Å²) < 4.78 is 0. The molecule has 2 heterocycles. The third kappa shape index (κ3) is 3.10. The first-order chi connectivity index (χ1) is 7.79. The second-order valence-electron chi connectivity index (χ2n) is 3.88. The Labute approximate surface area is 104 Å². The van der Waals surface area contributed by atoms with Crippen LogP contribution in [0.5, 0.6) is 0 Å². The summed E-state index contributed by atoms with van der Waals surface area (Å²) in [7, 11) is 0. The van der Waals surface area contributed by atoms with Crippen molar-refractivity contribution < 1.29 is 5.11 Å². The van der Waals surface area contributed by atoms with Crippen molar-refractivity contribution in [2.75, 3.05) is 30.4 Å². The Morgan fingerprint density at radius 3 is 3.19 bits per heavy atom. The van der Waals surface area contributed by atoms with Gasteiger partial charge in [0.15, 0.2) is 5.13 Å². The Bertz CT molecular complexity index is 330. The Morgan fingerprint density at radius 1 is 1.62 bits per heavy atom. The molecule has 1 aliphatic heterocycles. The number of anilines is 1. The van der Waals surface area contributed by atoms with Gasteiger partial charge in [0.2, 0.25) is 0 Å². The maximum Gasteiger partial charge on any atom is 0.180 e. The number of aliphatic hydroxyl groups is 1. The molecule has 6 heteroatoms. The van der Waals surface area contributed by atoms with Crippen LogP contribution in [0.1, 0.15) is 11.3 Å². The summed E-state index contributed by atoms with van der Waals surface area (Å²) >= 11 is 3.53. The van der Waals surface area contributed by atoms with E-state index in [9.17, 15) is 0 Å². The third-order valence-corrected chi connectivity index (χ3v) is 4.65. The van der Waals surface area contributed by atoms with Crippen molar-refractivity contribution >= 4 is 28.2 Å². The molecular formula is C10H17N3OS2. The molecule has 0 amide bonds. The van der Waals surface area contributed by atoms with E-state index >= 15 is 0 Å². The second kappa shape index (κ2) is 5.86. The summed E-state index contributed by atoms with van der Waals surface area (Å²) in [5.41, 5.74) is 5.62. The number of aliphatic hydroxyl groups excluding tert-OH is 1. The van der Waals surface area contributed by atoms with Crippen molar-refractivity contribution in [1.29, 1.82) is 0 Å². The highest BCUT2D eigenvalue weighted by atomic mass is 32.2. The topological polar surface area (TPSA) is 62.4 Å². The van der Waals surface area contributed by atoms with Crippen LogP contribution in [0.15, 0.2) is 6.20 Å². The molecule has 0 spiro atoms. The molecule has 0 bridgehead atoms. The van der Waals surface area contributed by atoms with Crippen LogP contribution in [0, 0.1) is 0 Å². The summed E-state index contributed by atoms with van der Waals surface area (Å²) in [5.74, 6) is 2.30. The molecule has 1 saturated heterocycles. The van der Waals surface area contributed by atoms with E-state index in [1.165, 1.54) is 10.6 Å². The smallest absolute Gasteiger partial charge is 0.180 e. The molecule has 0 radical (unpaired) electrons. The van der Waals surface area contributed by atoms with Gasteiger partial charge in [-0.05, 0) is 6.42 Å². The number of rotatable bonds is 4. The van der Waals surface area contributed by atoms with E-state index < -0.39 is 0 Å². The van der Waals surface area contributed by atoms with Crippen molar-refractivity contribution in [3.05, 3.63) is 11.1 Å². The van der Waals surface area contributed by atoms with Crippen molar-refractivity contribution in [3.63, 3.8) is 0 Å². The van der Waals surface area contributed by atoms with Crippen molar-refractivity contribution in [2.45, 2.75) is 19.0 Å². The Kier molecular flexibility index (Phi) is 4.45. The van der Waals surface area contributed by atoms with E-state index in [4.69, 9.17) is 10.8 Å². The average molecular weight is 259 g/mol. The van der Waals surface area contributed by atoms with Gasteiger partial charge in [-0.2, -0.15) is 11.8 Å². The minimum Gasteiger partial charge on any atom is -0.396 e. The van der Waals surface area contributed by atoms with Crippen LogP contribution in [-0.2, 0) is 6.54 Å².